The van der Waals surface area contributed by atoms with Crippen LogP contribution in [0.15, 0.2) is 24.3 Å². The summed E-state index contributed by atoms with van der Waals surface area (Å²) < 4.78 is 10.4. The van der Waals surface area contributed by atoms with Gasteiger partial charge >= 0.3 is 6.09 Å². The number of benzene rings is 1. The zero-order valence-electron chi connectivity index (χ0n) is 16.5. The first kappa shape index (κ1) is 20.7. The predicted octanol–water partition coefficient (Wildman–Crippen LogP) is 2.74. The molecule has 1 aliphatic heterocycles. The van der Waals surface area contributed by atoms with Gasteiger partial charge in [-0.3, -0.25) is 9.59 Å². The minimum Gasteiger partial charge on any atom is -0.497 e. The third kappa shape index (κ3) is 6.27. The zero-order valence-corrected chi connectivity index (χ0v) is 16.5. The number of amides is 2. The van der Waals surface area contributed by atoms with Crippen LogP contribution in [-0.4, -0.2) is 66.5 Å². The molecule has 7 heteroatoms. The van der Waals surface area contributed by atoms with Crippen LogP contribution < -0.4 is 4.74 Å². The molecule has 0 N–H and O–H groups in total. The Morgan fingerprint density at radius 1 is 0.926 bits per heavy atom. The van der Waals surface area contributed by atoms with Crippen molar-refractivity contribution in [2.45, 2.75) is 39.2 Å². The van der Waals surface area contributed by atoms with E-state index in [2.05, 4.69) is 0 Å². The second-order valence-electron chi connectivity index (χ2n) is 7.50. The zero-order chi connectivity index (χ0) is 20.0. The van der Waals surface area contributed by atoms with Crippen LogP contribution in [0.1, 0.15) is 44.0 Å². The molecular formula is C20H28N2O5. The molecule has 1 aliphatic rings. The van der Waals surface area contributed by atoms with Gasteiger partial charge in [-0.15, -0.1) is 0 Å². The molecule has 7 nitrogen and oxygen atoms in total. The monoisotopic (exact) mass is 376 g/mol. The van der Waals surface area contributed by atoms with Crippen molar-refractivity contribution in [3.63, 3.8) is 0 Å². The van der Waals surface area contributed by atoms with Crippen molar-refractivity contribution >= 4 is 17.8 Å². The van der Waals surface area contributed by atoms with Crippen molar-refractivity contribution in [2.24, 2.45) is 0 Å². The van der Waals surface area contributed by atoms with Gasteiger partial charge in [0.2, 0.25) is 5.91 Å². The smallest absolute Gasteiger partial charge is 0.410 e. The fourth-order valence-corrected chi connectivity index (χ4v) is 2.76. The van der Waals surface area contributed by atoms with Gasteiger partial charge in [0.1, 0.15) is 11.4 Å². The molecule has 148 valence electrons. The first-order valence-electron chi connectivity index (χ1n) is 9.12. The highest BCUT2D eigenvalue weighted by Gasteiger charge is 2.27. The maximum Gasteiger partial charge on any atom is 0.410 e. The first-order valence-corrected chi connectivity index (χ1v) is 9.12. The third-order valence-electron chi connectivity index (χ3n) is 4.26. The molecule has 1 fully saturated rings. The number of ketones is 1. The molecule has 0 saturated carbocycles. The summed E-state index contributed by atoms with van der Waals surface area (Å²) in [6.45, 7) is 7.25. The normalized spacial score (nSPS) is 14.7. The second-order valence-corrected chi connectivity index (χ2v) is 7.50. The molecule has 1 aromatic rings. The molecule has 1 aromatic carbocycles. The van der Waals surface area contributed by atoms with Crippen LogP contribution >= 0.6 is 0 Å². The van der Waals surface area contributed by atoms with Gasteiger partial charge in [0, 0.05) is 44.6 Å². The minimum atomic E-state index is -0.536. The number of Topliss-reactive ketones (excluding diaryl/α,β-unsaturated/α-hetero) is 1. The van der Waals surface area contributed by atoms with Gasteiger partial charge in [-0.1, -0.05) is 0 Å². The lowest BCUT2D eigenvalue weighted by atomic mass is 10.1. The van der Waals surface area contributed by atoms with Crippen LogP contribution in [0.25, 0.3) is 0 Å². The summed E-state index contributed by atoms with van der Waals surface area (Å²) in [4.78, 5) is 39.9. The number of carbonyl (C=O) groups excluding carboxylic acids is 3. The quantitative estimate of drug-likeness (QED) is 0.739. The fraction of sp³-hybridized carbons (Fsp3) is 0.550. The van der Waals surface area contributed by atoms with Crippen molar-refractivity contribution in [3.05, 3.63) is 29.8 Å². The average Bonchev–Trinajstić information content (AvgIpc) is 2.64. The number of hydrogen-bond donors (Lipinski definition) is 0. The maximum atomic E-state index is 12.4. The van der Waals surface area contributed by atoms with Crippen molar-refractivity contribution in [1.82, 2.24) is 9.80 Å². The molecule has 0 unspecified atom stereocenters. The molecular weight excluding hydrogens is 348 g/mol. The highest BCUT2D eigenvalue weighted by atomic mass is 16.6. The van der Waals surface area contributed by atoms with Crippen LogP contribution in [0.4, 0.5) is 4.79 Å². The van der Waals surface area contributed by atoms with E-state index in [0.29, 0.717) is 37.5 Å². The van der Waals surface area contributed by atoms with E-state index in [9.17, 15) is 14.4 Å². The van der Waals surface area contributed by atoms with Crippen LogP contribution in [0, 0.1) is 0 Å². The Morgan fingerprint density at radius 3 is 2.00 bits per heavy atom. The van der Waals surface area contributed by atoms with Crippen LogP contribution in [-0.2, 0) is 9.53 Å². The highest BCUT2D eigenvalue weighted by molar-refractivity contribution is 5.98. The number of hydrogen-bond acceptors (Lipinski definition) is 5. The molecule has 0 aromatic heterocycles. The Kier molecular flexibility index (Phi) is 6.82. The Balaban J connectivity index is 1.77. The molecule has 0 spiro atoms. The Labute approximate surface area is 160 Å². The summed E-state index contributed by atoms with van der Waals surface area (Å²) in [6.07, 6.45) is -0.0290. The van der Waals surface area contributed by atoms with Crippen LogP contribution in [0.3, 0.4) is 0 Å². The van der Waals surface area contributed by atoms with Crippen molar-refractivity contribution < 1.29 is 23.9 Å². The molecule has 27 heavy (non-hydrogen) atoms. The maximum absolute atomic E-state index is 12.4. The SMILES string of the molecule is COc1ccc(C(=O)CCC(=O)N2CCN(C(=O)OC(C)(C)C)CC2)cc1. The van der Waals surface area contributed by atoms with Crippen molar-refractivity contribution in [3.8, 4) is 5.75 Å². The van der Waals surface area contributed by atoms with E-state index in [1.165, 1.54) is 0 Å². The standard InChI is InChI=1S/C20H28N2O5/c1-20(2,3)27-19(25)22-13-11-21(12-14-22)18(24)10-9-17(23)15-5-7-16(26-4)8-6-15/h5-8H,9-14H2,1-4H3. The number of nitrogens with zero attached hydrogens (tertiary/aromatic N) is 2. The Hall–Kier alpha value is -2.57. The van der Waals surface area contributed by atoms with E-state index in [1.54, 1.807) is 41.2 Å². The van der Waals surface area contributed by atoms with Crippen molar-refractivity contribution in [2.75, 3.05) is 33.3 Å². The molecule has 2 rings (SSSR count). The van der Waals surface area contributed by atoms with E-state index < -0.39 is 5.60 Å². The minimum absolute atomic E-state index is 0.0688. The summed E-state index contributed by atoms with van der Waals surface area (Å²) in [6, 6.07) is 6.85. The number of rotatable bonds is 5. The summed E-state index contributed by atoms with van der Waals surface area (Å²) in [7, 11) is 1.57. The van der Waals surface area contributed by atoms with Gasteiger partial charge < -0.3 is 19.3 Å². The average molecular weight is 376 g/mol. The molecule has 0 bridgehead atoms. The fourth-order valence-electron chi connectivity index (χ4n) is 2.76. The van der Waals surface area contributed by atoms with Gasteiger partial charge in [0.15, 0.2) is 5.78 Å². The topological polar surface area (TPSA) is 76.2 Å². The van der Waals surface area contributed by atoms with Crippen molar-refractivity contribution in [1.29, 1.82) is 0 Å². The van der Waals surface area contributed by atoms with E-state index in [4.69, 9.17) is 9.47 Å². The second kappa shape index (κ2) is 8.88. The van der Waals surface area contributed by atoms with E-state index in [-0.39, 0.29) is 30.6 Å². The lowest BCUT2D eigenvalue weighted by molar-refractivity contribution is -0.132. The molecule has 0 aliphatic carbocycles. The summed E-state index contributed by atoms with van der Waals surface area (Å²) >= 11 is 0. The van der Waals surface area contributed by atoms with Gasteiger partial charge in [0.05, 0.1) is 7.11 Å². The number of methoxy groups -OCH3 is 1. The van der Waals surface area contributed by atoms with Gasteiger partial charge in [-0.05, 0) is 45.0 Å². The van der Waals surface area contributed by atoms with E-state index in [1.807, 2.05) is 20.8 Å². The Morgan fingerprint density at radius 2 is 1.48 bits per heavy atom. The Bertz CT molecular complexity index is 671. The van der Waals surface area contributed by atoms with E-state index in [0.717, 1.165) is 0 Å². The summed E-state index contributed by atoms with van der Waals surface area (Å²) in [5, 5.41) is 0. The first-order chi connectivity index (χ1) is 12.7. The van der Waals surface area contributed by atoms with E-state index >= 15 is 0 Å². The number of ether oxygens (including phenoxy) is 2. The van der Waals surface area contributed by atoms with Gasteiger partial charge in [-0.2, -0.15) is 0 Å². The number of carbonyl (C=O) groups is 3. The third-order valence-corrected chi connectivity index (χ3v) is 4.26. The largest absolute Gasteiger partial charge is 0.497 e. The van der Waals surface area contributed by atoms with Crippen LogP contribution in [0.2, 0.25) is 0 Å². The summed E-state index contributed by atoms with van der Waals surface area (Å²) in [5.41, 5.74) is 0.0321. The molecule has 0 radical (unpaired) electrons. The lowest BCUT2D eigenvalue weighted by Gasteiger charge is -2.35. The molecule has 0 atom stereocenters. The lowest BCUT2D eigenvalue weighted by Crippen LogP contribution is -2.51. The molecule has 1 heterocycles. The van der Waals surface area contributed by atoms with Crippen LogP contribution in [0.5, 0.6) is 5.75 Å². The highest BCUT2D eigenvalue weighted by Crippen LogP contribution is 2.15. The van der Waals surface area contributed by atoms with Gasteiger partial charge in [-0.25, -0.2) is 4.79 Å². The molecule has 1 saturated heterocycles. The summed E-state index contributed by atoms with van der Waals surface area (Å²) in [5.74, 6) is 0.546. The van der Waals surface area contributed by atoms with Gasteiger partial charge in [0.25, 0.3) is 0 Å². The predicted molar refractivity (Wildman–Crippen MR) is 101 cm³/mol. The number of piperazine rings is 1. The molecule has 2 amide bonds.